The van der Waals surface area contributed by atoms with Gasteiger partial charge in [-0.3, -0.25) is 4.79 Å². The summed E-state index contributed by atoms with van der Waals surface area (Å²) in [7, 11) is 1.73. The van der Waals surface area contributed by atoms with E-state index in [-0.39, 0.29) is 11.5 Å². The third kappa shape index (κ3) is 4.03. The van der Waals surface area contributed by atoms with Gasteiger partial charge in [0.15, 0.2) is 0 Å². The number of pyridine rings is 1. The molecule has 2 aliphatic heterocycles. The van der Waals surface area contributed by atoms with Crippen LogP contribution in [0.4, 0.5) is 0 Å². The van der Waals surface area contributed by atoms with Gasteiger partial charge in [-0.25, -0.2) is 4.99 Å². The summed E-state index contributed by atoms with van der Waals surface area (Å²) in [6.45, 7) is 4.00. The van der Waals surface area contributed by atoms with Crippen LogP contribution in [0.1, 0.15) is 19.4 Å². The normalized spacial score (nSPS) is 16.9. The summed E-state index contributed by atoms with van der Waals surface area (Å²) < 4.78 is 1.55. The molecule has 0 fully saturated rings. The standard InChI is InChI=1S/C21H24N6O/c1-13(2)14(11-22)10-19(23)26-20-7-6-17-18(25-20)9-15(12-24-17)16-5-4-8-27(3)21(16)28/h4-13,22,24-25H,1-3H3,(H2,23,26). The fraction of sp³-hybridized carbons (Fsp3) is 0.190. The molecule has 1 aromatic rings. The maximum atomic E-state index is 12.4. The van der Waals surface area contributed by atoms with Gasteiger partial charge >= 0.3 is 0 Å². The summed E-state index contributed by atoms with van der Waals surface area (Å²) in [5, 5.41) is 13.9. The van der Waals surface area contributed by atoms with E-state index in [4.69, 9.17) is 11.1 Å². The molecule has 3 rings (SSSR count). The van der Waals surface area contributed by atoms with Crippen LogP contribution in [-0.4, -0.2) is 16.6 Å². The average molecular weight is 376 g/mol. The first-order valence-corrected chi connectivity index (χ1v) is 8.99. The van der Waals surface area contributed by atoms with E-state index in [1.807, 2.05) is 44.3 Å². The van der Waals surface area contributed by atoms with Crippen LogP contribution in [0.15, 0.2) is 81.4 Å². The Labute approximate surface area is 163 Å². The molecule has 0 spiro atoms. The first-order chi connectivity index (χ1) is 13.4. The predicted molar refractivity (Wildman–Crippen MR) is 114 cm³/mol. The molecule has 0 saturated heterocycles. The maximum absolute atomic E-state index is 12.4. The highest BCUT2D eigenvalue weighted by molar-refractivity contribution is 5.97. The van der Waals surface area contributed by atoms with E-state index in [9.17, 15) is 4.79 Å². The number of fused-ring (bicyclic) bond motifs is 1. The Kier molecular flexibility index (Phi) is 5.44. The van der Waals surface area contributed by atoms with Crippen LogP contribution in [0, 0.1) is 11.3 Å². The Hall–Kier alpha value is -3.61. The van der Waals surface area contributed by atoms with Crippen molar-refractivity contribution in [2.24, 2.45) is 23.7 Å². The van der Waals surface area contributed by atoms with Crippen molar-refractivity contribution in [3.8, 4) is 0 Å². The van der Waals surface area contributed by atoms with Gasteiger partial charge in [-0.1, -0.05) is 13.8 Å². The van der Waals surface area contributed by atoms with Crippen LogP contribution < -0.4 is 21.9 Å². The number of nitrogens with one attached hydrogen (secondary N) is 3. The number of nitrogens with zero attached hydrogens (tertiary/aromatic N) is 2. The molecule has 0 radical (unpaired) electrons. The molecule has 2 aliphatic rings. The maximum Gasteiger partial charge on any atom is 0.258 e. The molecule has 0 aromatic carbocycles. The monoisotopic (exact) mass is 376 g/mol. The van der Waals surface area contributed by atoms with Crippen LogP contribution in [-0.2, 0) is 7.05 Å². The first-order valence-electron chi connectivity index (χ1n) is 8.99. The van der Waals surface area contributed by atoms with Gasteiger partial charge in [-0.15, -0.1) is 0 Å². The fourth-order valence-corrected chi connectivity index (χ4v) is 2.85. The largest absolute Gasteiger partial charge is 0.384 e. The van der Waals surface area contributed by atoms with E-state index in [0.717, 1.165) is 22.5 Å². The topological polar surface area (TPSA) is 108 Å². The van der Waals surface area contributed by atoms with Gasteiger partial charge in [0, 0.05) is 36.8 Å². The van der Waals surface area contributed by atoms with Crippen molar-refractivity contribution in [1.29, 1.82) is 5.41 Å². The minimum absolute atomic E-state index is 0.0633. The molecule has 28 heavy (non-hydrogen) atoms. The van der Waals surface area contributed by atoms with Crippen molar-refractivity contribution in [2.45, 2.75) is 13.8 Å². The summed E-state index contributed by atoms with van der Waals surface area (Å²) in [4.78, 5) is 16.8. The number of rotatable bonds is 5. The average Bonchev–Trinajstić information content (AvgIpc) is 2.67. The predicted octanol–water partition coefficient (Wildman–Crippen LogP) is 2.13. The molecule has 3 heterocycles. The van der Waals surface area contributed by atoms with Gasteiger partial charge in [-0.05, 0) is 47.9 Å². The first kappa shape index (κ1) is 19.2. The lowest BCUT2D eigenvalue weighted by Crippen LogP contribution is -2.27. The van der Waals surface area contributed by atoms with Crippen molar-refractivity contribution in [1.82, 2.24) is 15.2 Å². The van der Waals surface area contributed by atoms with Gasteiger partial charge in [0.05, 0.1) is 11.4 Å². The highest BCUT2D eigenvalue weighted by Gasteiger charge is 2.17. The zero-order valence-corrected chi connectivity index (χ0v) is 16.2. The Bertz CT molecular complexity index is 1050. The Morgan fingerprint density at radius 2 is 2.11 bits per heavy atom. The second kappa shape index (κ2) is 7.96. The molecular formula is C21H24N6O. The van der Waals surface area contributed by atoms with E-state index >= 15 is 0 Å². The highest BCUT2D eigenvalue weighted by Crippen LogP contribution is 2.23. The zero-order valence-electron chi connectivity index (χ0n) is 16.2. The molecular weight excluding hydrogens is 352 g/mol. The summed E-state index contributed by atoms with van der Waals surface area (Å²) in [5.74, 6) is 1.10. The summed E-state index contributed by atoms with van der Waals surface area (Å²) >= 11 is 0. The fourth-order valence-electron chi connectivity index (χ4n) is 2.85. The second-order valence-corrected chi connectivity index (χ2v) is 6.88. The molecule has 0 bridgehead atoms. The molecule has 0 unspecified atom stereocenters. The van der Waals surface area contributed by atoms with E-state index < -0.39 is 0 Å². The SMILES string of the molecule is CC(C)C(C=N)=CC(N)=NC1=CC=C2NC=C(c3cccn(C)c3=O)C=C2N1. The van der Waals surface area contributed by atoms with Crippen LogP contribution in [0.3, 0.4) is 0 Å². The van der Waals surface area contributed by atoms with Gasteiger partial charge < -0.3 is 26.3 Å². The van der Waals surface area contributed by atoms with Gasteiger partial charge in [0.2, 0.25) is 0 Å². The molecule has 144 valence electrons. The second-order valence-electron chi connectivity index (χ2n) is 6.88. The van der Waals surface area contributed by atoms with Crippen LogP contribution in [0.5, 0.6) is 0 Å². The number of aryl methyl sites for hydroxylation is 1. The number of hydrogen-bond donors (Lipinski definition) is 4. The number of aromatic nitrogens is 1. The lowest BCUT2D eigenvalue weighted by molar-refractivity contribution is 0.806. The van der Waals surface area contributed by atoms with E-state index in [2.05, 4.69) is 15.6 Å². The molecule has 1 aromatic heterocycles. The lowest BCUT2D eigenvalue weighted by atomic mass is 10.0. The minimum Gasteiger partial charge on any atom is -0.384 e. The van der Waals surface area contributed by atoms with Gasteiger partial charge in [0.25, 0.3) is 5.56 Å². The van der Waals surface area contributed by atoms with Crippen molar-refractivity contribution < 1.29 is 0 Å². The Balaban J connectivity index is 1.86. The molecule has 0 amide bonds. The third-order valence-corrected chi connectivity index (χ3v) is 4.48. The van der Waals surface area contributed by atoms with Gasteiger partial charge in [0.1, 0.15) is 11.7 Å². The molecule has 7 heteroatoms. The van der Waals surface area contributed by atoms with Crippen molar-refractivity contribution in [3.63, 3.8) is 0 Å². The Morgan fingerprint density at radius 3 is 2.82 bits per heavy atom. The van der Waals surface area contributed by atoms with E-state index in [0.29, 0.717) is 17.2 Å². The Morgan fingerprint density at radius 1 is 1.32 bits per heavy atom. The third-order valence-electron chi connectivity index (χ3n) is 4.48. The number of allylic oxidation sites excluding steroid dienone is 5. The zero-order chi connectivity index (χ0) is 20.3. The van der Waals surface area contributed by atoms with Crippen molar-refractivity contribution >= 4 is 17.6 Å². The molecule has 0 saturated carbocycles. The summed E-state index contributed by atoms with van der Waals surface area (Å²) in [6.07, 6.45) is 12.2. The molecule has 7 nitrogen and oxygen atoms in total. The number of dihydropyridines is 2. The number of hydrogen-bond acceptors (Lipinski definition) is 5. The number of nitrogens with two attached hydrogens (primary N) is 1. The molecule has 0 atom stereocenters. The van der Waals surface area contributed by atoms with Crippen LogP contribution in [0.2, 0.25) is 0 Å². The highest BCUT2D eigenvalue weighted by atomic mass is 16.1. The number of amidine groups is 1. The minimum atomic E-state index is -0.0633. The lowest BCUT2D eigenvalue weighted by Gasteiger charge is -2.23. The van der Waals surface area contributed by atoms with Gasteiger partial charge in [-0.2, -0.15) is 0 Å². The molecule has 5 N–H and O–H groups in total. The smallest absolute Gasteiger partial charge is 0.258 e. The van der Waals surface area contributed by atoms with E-state index in [1.54, 1.807) is 30.0 Å². The van der Waals surface area contributed by atoms with E-state index in [1.165, 1.54) is 6.21 Å². The van der Waals surface area contributed by atoms with Crippen molar-refractivity contribution in [2.75, 3.05) is 0 Å². The number of aliphatic imine (C=N–C) groups is 1. The van der Waals surface area contributed by atoms with Crippen LogP contribution in [0.25, 0.3) is 5.57 Å². The van der Waals surface area contributed by atoms with Crippen LogP contribution >= 0.6 is 0 Å². The quantitative estimate of drug-likeness (QED) is 0.466. The van der Waals surface area contributed by atoms with Crippen molar-refractivity contribution in [3.05, 3.63) is 87.5 Å². The summed E-state index contributed by atoms with van der Waals surface area (Å²) in [5.41, 5.74) is 9.84. The summed E-state index contributed by atoms with van der Waals surface area (Å²) in [6, 6.07) is 3.64. The molecule has 0 aliphatic carbocycles.